The Kier molecular flexibility index (Phi) is 8.35. The molecule has 0 aliphatic rings. The summed E-state index contributed by atoms with van der Waals surface area (Å²) in [5.41, 5.74) is 3.31. The van der Waals surface area contributed by atoms with E-state index in [1.54, 1.807) is 24.1 Å². The molecule has 2 aromatic carbocycles. The van der Waals surface area contributed by atoms with E-state index in [0.29, 0.717) is 19.4 Å². The zero-order valence-corrected chi connectivity index (χ0v) is 19.3. The Bertz CT molecular complexity index is 1050. The Labute approximate surface area is 194 Å². The summed E-state index contributed by atoms with van der Waals surface area (Å²) in [6, 6.07) is 16.8. The number of halogens is 1. The molecule has 0 aliphatic carbocycles. The van der Waals surface area contributed by atoms with Gasteiger partial charge in [0, 0.05) is 31.3 Å². The highest BCUT2D eigenvalue weighted by Crippen LogP contribution is 2.19. The fraction of sp³-hybridized carbons (Fsp3) is 0.346. The predicted molar refractivity (Wildman–Crippen MR) is 127 cm³/mol. The molecular formula is C26H31FN4O2. The van der Waals surface area contributed by atoms with Gasteiger partial charge in [0.15, 0.2) is 0 Å². The second-order valence-corrected chi connectivity index (χ2v) is 8.66. The molecule has 3 aromatic rings. The maximum atomic E-state index is 13.2. The predicted octanol–water partition coefficient (Wildman–Crippen LogP) is 4.51. The van der Waals surface area contributed by atoms with Crippen LogP contribution >= 0.6 is 0 Å². The molecule has 0 saturated heterocycles. The van der Waals surface area contributed by atoms with Crippen LogP contribution < -0.4 is 5.32 Å². The number of carbonyl (C=O) groups is 2. The van der Waals surface area contributed by atoms with Gasteiger partial charge >= 0.3 is 0 Å². The molecule has 174 valence electrons. The lowest BCUT2D eigenvalue weighted by atomic mass is 10.0. The van der Waals surface area contributed by atoms with E-state index in [-0.39, 0.29) is 23.5 Å². The number of amides is 2. The molecule has 33 heavy (non-hydrogen) atoms. The third-order valence-electron chi connectivity index (χ3n) is 5.37. The number of aromatic nitrogens is 2. The topological polar surface area (TPSA) is 78.1 Å². The molecule has 2 amide bonds. The summed E-state index contributed by atoms with van der Waals surface area (Å²) < 4.78 is 13.1. The second kappa shape index (κ2) is 11.4. The minimum atomic E-state index is -0.709. The minimum absolute atomic E-state index is 0.133. The Hall–Kier alpha value is -3.48. The van der Waals surface area contributed by atoms with Gasteiger partial charge < -0.3 is 10.2 Å². The number of carbonyl (C=O) groups excluding carboxylic acids is 2. The third-order valence-corrected chi connectivity index (χ3v) is 5.37. The normalized spacial score (nSPS) is 11.9. The summed E-state index contributed by atoms with van der Waals surface area (Å²) in [6.07, 6.45) is 1.81. The number of hydrogen-bond donors (Lipinski definition) is 2. The number of benzene rings is 2. The largest absolute Gasteiger partial charge is 0.344 e. The first-order chi connectivity index (χ1) is 15.8. The van der Waals surface area contributed by atoms with Crippen LogP contribution in [0.4, 0.5) is 4.39 Å². The first-order valence-corrected chi connectivity index (χ1v) is 11.2. The number of nitrogens with one attached hydrogen (secondary N) is 2. The van der Waals surface area contributed by atoms with Crippen molar-refractivity contribution >= 4 is 11.8 Å². The molecule has 0 saturated carbocycles. The molecule has 0 radical (unpaired) electrons. The number of hydrogen-bond acceptors (Lipinski definition) is 3. The highest BCUT2D eigenvalue weighted by Gasteiger charge is 2.25. The second-order valence-electron chi connectivity index (χ2n) is 8.66. The van der Waals surface area contributed by atoms with Crippen molar-refractivity contribution in [3.8, 4) is 11.3 Å². The molecule has 0 fully saturated rings. The monoisotopic (exact) mass is 450 g/mol. The van der Waals surface area contributed by atoms with Gasteiger partial charge in [-0.25, -0.2) is 4.39 Å². The van der Waals surface area contributed by atoms with Crippen LogP contribution in [0.1, 0.15) is 44.0 Å². The number of H-pyrrole nitrogens is 1. The minimum Gasteiger partial charge on any atom is -0.344 e. The Morgan fingerprint density at radius 2 is 1.79 bits per heavy atom. The summed E-state index contributed by atoms with van der Waals surface area (Å²) in [6.45, 7) is 4.48. The van der Waals surface area contributed by atoms with Crippen molar-refractivity contribution in [2.24, 2.45) is 5.92 Å². The van der Waals surface area contributed by atoms with Crippen LogP contribution in [0.15, 0.2) is 60.7 Å². The van der Waals surface area contributed by atoms with Crippen LogP contribution in [0.5, 0.6) is 0 Å². The SMILES string of the molecule is CC(C)CC(=O)NC(C(=O)N(C)CCCc1cc(-c2ccc(F)cc2)n[nH]1)c1ccccc1. The van der Waals surface area contributed by atoms with Gasteiger partial charge in [-0.2, -0.15) is 5.10 Å². The van der Waals surface area contributed by atoms with E-state index >= 15 is 0 Å². The summed E-state index contributed by atoms with van der Waals surface area (Å²) in [5, 5.41) is 10.2. The fourth-order valence-electron chi connectivity index (χ4n) is 3.62. The molecule has 0 spiro atoms. The lowest BCUT2D eigenvalue weighted by Crippen LogP contribution is -2.42. The van der Waals surface area contributed by atoms with Gasteiger partial charge in [0.1, 0.15) is 11.9 Å². The Morgan fingerprint density at radius 1 is 1.09 bits per heavy atom. The lowest BCUT2D eigenvalue weighted by molar-refractivity contribution is -0.135. The molecule has 1 aromatic heterocycles. The Morgan fingerprint density at radius 3 is 2.45 bits per heavy atom. The van der Waals surface area contributed by atoms with Gasteiger partial charge in [0.05, 0.1) is 5.69 Å². The van der Waals surface area contributed by atoms with Crippen molar-refractivity contribution in [3.05, 3.63) is 77.7 Å². The van der Waals surface area contributed by atoms with Crippen LogP contribution in [0.2, 0.25) is 0 Å². The van der Waals surface area contributed by atoms with E-state index in [1.807, 2.05) is 50.2 Å². The van der Waals surface area contributed by atoms with Crippen LogP contribution in [-0.4, -0.2) is 40.5 Å². The lowest BCUT2D eigenvalue weighted by Gasteiger charge is -2.25. The Balaban J connectivity index is 1.58. The van der Waals surface area contributed by atoms with Gasteiger partial charge in [0.25, 0.3) is 0 Å². The molecule has 1 heterocycles. The maximum absolute atomic E-state index is 13.2. The average molecular weight is 451 g/mol. The fourth-order valence-corrected chi connectivity index (χ4v) is 3.62. The average Bonchev–Trinajstić information content (AvgIpc) is 3.26. The zero-order chi connectivity index (χ0) is 23.8. The van der Waals surface area contributed by atoms with E-state index in [1.165, 1.54) is 12.1 Å². The molecule has 0 bridgehead atoms. The van der Waals surface area contributed by atoms with Crippen molar-refractivity contribution in [3.63, 3.8) is 0 Å². The molecule has 2 N–H and O–H groups in total. The first-order valence-electron chi connectivity index (χ1n) is 11.2. The molecule has 7 heteroatoms. The van der Waals surface area contributed by atoms with Crippen molar-refractivity contribution < 1.29 is 14.0 Å². The van der Waals surface area contributed by atoms with E-state index < -0.39 is 6.04 Å². The standard InChI is InChI=1S/C26H31FN4O2/c1-18(2)16-24(32)28-25(20-8-5-4-6-9-20)26(33)31(3)15-7-10-22-17-23(30-29-22)19-11-13-21(27)14-12-19/h4-6,8-9,11-14,17-18,25H,7,10,15-16H2,1-3H3,(H,28,32)(H,29,30). The summed E-state index contributed by atoms with van der Waals surface area (Å²) in [7, 11) is 1.75. The van der Waals surface area contributed by atoms with Gasteiger partial charge in [-0.15, -0.1) is 0 Å². The highest BCUT2D eigenvalue weighted by atomic mass is 19.1. The molecule has 1 atom stereocenters. The third kappa shape index (κ3) is 7.00. The van der Waals surface area contributed by atoms with Crippen molar-refractivity contribution in [2.45, 2.75) is 39.2 Å². The summed E-state index contributed by atoms with van der Waals surface area (Å²) in [4.78, 5) is 27.2. The number of rotatable bonds is 10. The van der Waals surface area contributed by atoms with Crippen LogP contribution in [-0.2, 0) is 16.0 Å². The number of nitrogens with zero attached hydrogens (tertiary/aromatic N) is 2. The van der Waals surface area contributed by atoms with Crippen molar-refractivity contribution in [1.29, 1.82) is 0 Å². The molecule has 1 unspecified atom stereocenters. The maximum Gasteiger partial charge on any atom is 0.249 e. The quantitative estimate of drug-likeness (QED) is 0.477. The van der Waals surface area contributed by atoms with E-state index in [9.17, 15) is 14.0 Å². The molecule has 6 nitrogen and oxygen atoms in total. The van der Waals surface area contributed by atoms with Gasteiger partial charge in [0.2, 0.25) is 11.8 Å². The van der Waals surface area contributed by atoms with Crippen LogP contribution in [0.25, 0.3) is 11.3 Å². The highest BCUT2D eigenvalue weighted by molar-refractivity contribution is 5.88. The number of aryl methyl sites for hydroxylation is 1. The number of aromatic amines is 1. The van der Waals surface area contributed by atoms with E-state index in [4.69, 9.17) is 0 Å². The van der Waals surface area contributed by atoms with Crippen LogP contribution in [0.3, 0.4) is 0 Å². The molecule has 0 aliphatic heterocycles. The smallest absolute Gasteiger partial charge is 0.249 e. The van der Waals surface area contributed by atoms with Crippen LogP contribution in [0, 0.1) is 11.7 Å². The van der Waals surface area contributed by atoms with Gasteiger partial charge in [-0.05, 0) is 54.7 Å². The van der Waals surface area contributed by atoms with E-state index in [2.05, 4.69) is 15.5 Å². The molecular weight excluding hydrogens is 419 g/mol. The first kappa shape index (κ1) is 24.2. The summed E-state index contributed by atoms with van der Waals surface area (Å²) in [5.74, 6) is -0.346. The molecule has 3 rings (SSSR count). The van der Waals surface area contributed by atoms with E-state index in [0.717, 1.165) is 28.9 Å². The van der Waals surface area contributed by atoms with Gasteiger partial charge in [-0.1, -0.05) is 44.2 Å². The van der Waals surface area contributed by atoms with Gasteiger partial charge in [-0.3, -0.25) is 14.7 Å². The summed E-state index contributed by atoms with van der Waals surface area (Å²) >= 11 is 0. The van der Waals surface area contributed by atoms with Crippen molar-refractivity contribution in [2.75, 3.05) is 13.6 Å². The zero-order valence-electron chi connectivity index (χ0n) is 19.3. The number of likely N-dealkylation sites (N-methyl/N-ethyl adjacent to an activating group) is 1. The van der Waals surface area contributed by atoms with Crippen molar-refractivity contribution in [1.82, 2.24) is 20.4 Å².